The van der Waals surface area contributed by atoms with Crippen molar-refractivity contribution >= 4 is 11.9 Å². The summed E-state index contributed by atoms with van der Waals surface area (Å²) in [5.74, 6) is -0.128. The number of carbonyl (C=O) groups excluding carboxylic acids is 2. The standard InChI is InChI=1S/C20H31NO5/c1-5-6-13-26-14-7-12-21(15-16(2)20(23)25-4)19(22)17-8-10-18(24-3)11-9-17/h8-11,16H,5-7,12-15H2,1-4H3. The van der Waals surface area contributed by atoms with Crippen LogP contribution in [0.4, 0.5) is 0 Å². The molecule has 0 N–H and O–H groups in total. The average Bonchev–Trinajstić information content (AvgIpc) is 2.68. The number of methoxy groups -OCH3 is 2. The van der Waals surface area contributed by atoms with Gasteiger partial charge in [-0.2, -0.15) is 0 Å². The zero-order valence-corrected chi connectivity index (χ0v) is 16.3. The van der Waals surface area contributed by atoms with E-state index in [1.54, 1.807) is 43.2 Å². The Bertz CT molecular complexity index is 544. The third-order valence-corrected chi connectivity index (χ3v) is 4.08. The van der Waals surface area contributed by atoms with Gasteiger partial charge >= 0.3 is 5.97 Å². The van der Waals surface area contributed by atoms with Crippen LogP contribution in [0.5, 0.6) is 5.75 Å². The number of nitrogens with zero attached hydrogens (tertiary/aromatic N) is 1. The first-order valence-electron chi connectivity index (χ1n) is 9.12. The van der Waals surface area contributed by atoms with Gasteiger partial charge in [0.05, 0.1) is 20.1 Å². The van der Waals surface area contributed by atoms with Gasteiger partial charge in [-0.05, 0) is 37.1 Å². The third kappa shape index (κ3) is 7.44. The molecule has 0 aliphatic carbocycles. The quantitative estimate of drug-likeness (QED) is 0.420. The number of carbonyl (C=O) groups is 2. The second-order valence-electron chi connectivity index (χ2n) is 6.22. The van der Waals surface area contributed by atoms with Crippen molar-refractivity contribution in [2.45, 2.75) is 33.1 Å². The van der Waals surface area contributed by atoms with E-state index in [-0.39, 0.29) is 17.8 Å². The topological polar surface area (TPSA) is 65.1 Å². The molecule has 0 aromatic heterocycles. The van der Waals surface area contributed by atoms with Gasteiger partial charge in [0, 0.05) is 31.9 Å². The zero-order chi connectivity index (χ0) is 19.4. The molecule has 0 saturated carbocycles. The molecule has 6 nitrogen and oxygen atoms in total. The Balaban J connectivity index is 2.71. The van der Waals surface area contributed by atoms with Gasteiger partial charge in [-0.15, -0.1) is 0 Å². The summed E-state index contributed by atoms with van der Waals surface area (Å²) in [7, 11) is 2.94. The smallest absolute Gasteiger partial charge is 0.310 e. The number of rotatable bonds is 12. The number of ether oxygens (including phenoxy) is 3. The molecular formula is C20H31NO5. The fraction of sp³-hybridized carbons (Fsp3) is 0.600. The molecular weight excluding hydrogens is 334 g/mol. The Kier molecular flexibility index (Phi) is 10.4. The predicted molar refractivity (Wildman–Crippen MR) is 100 cm³/mol. The number of hydrogen-bond donors (Lipinski definition) is 0. The van der Waals surface area contributed by atoms with Crippen molar-refractivity contribution < 1.29 is 23.8 Å². The molecule has 6 heteroatoms. The van der Waals surface area contributed by atoms with Crippen LogP contribution in [0.25, 0.3) is 0 Å². The monoisotopic (exact) mass is 365 g/mol. The van der Waals surface area contributed by atoms with Crippen molar-refractivity contribution in [3.63, 3.8) is 0 Å². The lowest BCUT2D eigenvalue weighted by Crippen LogP contribution is -2.38. The van der Waals surface area contributed by atoms with E-state index in [1.165, 1.54) is 7.11 Å². The normalized spacial score (nSPS) is 11.7. The van der Waals surface area contributed by atoms with Crippen LogP contribution in [0.3, 0.4) is 0 Å². The van der Waals surface area contributed by atoms with Gasteiger partial charge in [-0.25, -0.2) is 0 Å². The lowest BCUT2D eigenvalue weighted by atomic mass is 10.1. The highest BCUT2D eigenvalue weighted by molar-refractivity contribution is 5.94. The molecule has 0 saturated heterocycles. The summed E-state index contributed by atoms with van der Waals surface area (Å²) in [6, 6.07) is 6.97. The highest BCUT2D eigenvalue weighted by atomic mass is 16.5. The van der Waals surface area contributed by atoms with Gasteiger partial charge in [-0.3, -0.25) is 9.59 Å². The Hall–Kier alpha value is -2.08. The van der Waals surface area contributed by atoms with Crippen molar-refractivity contribution in [3.05, 3.63) is 29.8 Å². The van der Waals surface area contributed by atoms with Crippen LogP contribution in [-0.2, 0) is 14.3 Å². The van der Waals surface area contributed by atoms with E-state index in [0.717, 1.165) is 25.9 Å². The minimum Gasteiger partial charge on any atom is -0.497 e. The number of amides is 1. The van der Waals surface area contributed by atoms with Gasteiger partial charge in [-0.1, -0.05) is 20.3 Å². The van der Waals surface area contributed by atoms with Crippen LogP contribution < -0.4 is 4.74 Å². The molecule has 0 aliphatic heterocycles. The van der Waals surface area contributed by atoms with Crippen LogP contribution in [0.2, 0.25) is 0 Å². The molecule has 0 aliphatic rings. The molecule has 0 heterocycles. The number of unbranched alkanes of at least 4 members (excludes halogenated alkanes) is 1. The summed E-state index contributed by atoms with van der Waals surface area (Å²) in [6.45, 7) is 6.05. The van der Waals surface area contributed by atoms with Gasteiger partial charge < -0.3 is 19.1 Å². The fourth-order valence-corrected chi connectivity index (χ4v) is 2.50. The van der Waals surface area contributed by atoms with Gasteiger partial charge in [0.1, 0.15) is 5.75 Å². The second-order valence-corrected chi connectivity index (χ2v) is 6.22. The first-order valence-corrected chi connectivity index (χ1v) is 9.12. The number of benzene rings is 1. The molecule has 1 aromatic carbocycles. The van der Waals surface area contributed by atoms with E-state index in [4.69, 9.17) is 14.2 Å². The fourth-order valence-electron chi connectivity index (χ4n) is 2.50. The third-order valence-electron chi connectivity index (χ3n) is 4.08. The molecule has 1 aromatic rings. The molecule has 0 fully saturated rings. The SMILES string of the molecule is CCCCOCCCN(CC(C)C(=O)OC)C(=O)c1ccc(OC)cc1. The molecule has 1 amide bonds. The number of esters is 1. The molecule has 0 spiro atoms. The summed E-state index contributed by atoms with van der Waals surface area (Å²) in [6.07, 6.45) is 2.85. The van der Waals surface area contributed by atoms with Gasteiger partial charge in [0.25, 0.3) is 5.91 Å². The maximum atomic E-state index is 12.8. The van der Waals surface area contributed by atoms with Crippen molar-refractivity contribution in [3.8, 4) is 5.75 Å². The highest BCUT2D eigenvalue weighted by Gasteiger charge is 2.22. The summed E-state index contributed by atoms with van der Waals surface area (Å²) in [5.41, 5.74) is 0.565. The Morgan fingerprint density at radius 3 is 2.31 bits per heavy atom. The van der Waals surface area contributed by atoms with Crippen LogP contribution in [0.1, 0.15) is 43.5 Å². The molecule has 0 radical (unpaired) electrons. The summed E-state index contributed by atoms with van der Waals surface area (Å²) < 4.78 is 15.5. The summed E-state index contributed by atoms with van der Waals surface area (Å²) in [5, 5.41) is 0. The van der Waals surface area contributed by atoms with E-state index in [9.17, 15) is 9.59 Å². The van der Waals surface area contributed by atoms with Gasteiger partial charge in [0.15, 0.2) is 0 Å². The van der Waals surface area contributed by atoms with Gasteiger partial charge in [0.2, 0.25) is 0 Å². The highest BCUT2D eigenvalue weighted by Crippen LogP contribution is 2.15. The minimum absolute atomic E-state index is 0.114. The van der Waals surface area contributed by atoms with E-state index >= 15 is 0 Å². The van der Waals surface area contributed by atoms with E-state index in [2.05, 4.69) is 6.92 Å². The van der Waals surface area contributed by atoms with Crippen molar-refractivity contribution in [1.82, 2.24) is 4.90 Å². The van der Waals surface area contributed by atoms with Crippen molar-refractivity contribution in [1.29, 1.82) is 0 Å². The largest absolute Gasteiger partial charge is 0.497 e. The average molecular weight is 365 g/mol. The summed E-state index contributed by atoms with van der Waals surface area (Å²) in [4.78, 5) is 26.3. The van der Waals surface area contributed by atoms with Crippen LogP contribution in [0.15, 0.2) is 24.3 Å². The van der Waals surface area contributed by atoms with Crippen molar-refractivity contribution in [2.75, 3.05) is 40.5 Å². The molecule has 1 atom stereocenters. The maximum Gasteiger partial charge on any atom is 0.310 e. The minimum atomic E-state index is -0.386. The number of hydrogen-bond acceptors (Lipinski definition) is 5. The Morgan fingerprint density at radius 1 is 1.08 bits per heavy atom. The zero-order valence-electron chi connectivity index (χ0n) is 16.3. The van der Waals surface area contributed by atoms with Crippen molar-refractivity contribution in [2.24, 2.45) is 5.92 Å². The van der Waals surface area contributed by atoms with E-state index in [1.807, 2.05) is 0 Å². The Labute approximate surface area is 156 Å². The van der Waals surface area contributed by atoms with Crippen LogP contribution in [0, 0.1) is 5.92 Å². The van der Waals surface area contributed by atoms with E-state index in [0.29, 0.717) is 31.0 Å². The molecule has 0 bridgehead atoms. The molecule has 1 rings (SSSR count). The molecule has 26 heavy (non-hydrogen) atoms. The Morgan fingerprint density at radius 2 is 1.73 bits per heavy atom. The lowest BCUT2D eigenvalue weighted by Gasteiger charge is -2.25. The molecule has 146 valence electrons. The molecule has 1 unspecified atom stereocenters. The lowest BCUT2D eigenvalue weighted by molar-refractivity contribution is -0.145. The van der Waals surface area contributed by atoms with Crippen LogP contribution in [-0.4, -0.2) is 57.3 Å². The van der Waals surface area contributed by atoms with E-state index < -0.39 is 0 Å². The second kappa shape index (κ2) is 12.3. The first-order chi connectivity index (χ1) is 12.5. The first kappa shape index (κ1) is 22.0. The maximum absolute atomic E-state index is 12.8. The summed E-state index contributed by atoms with van der Waals surface area (Å²) >= 11 is 0. The predicted octanol–water partition coefficient (Wildman–Crippen LogP) is 3.15. The van der Waals surface area contributed by atoms with Crippen LogP contribution >= 0.6 is 0 Å².